The Balaban J connectivity index is 2.84. The lowest BCUT2D eigenvalue weighted by atomic mass is 10.1. The highest BCUT2D eigenvalue weighted by Crippen LogP contribution is 2.27. The summed E-state index contributed by atoms with van der Waals surface area (Å²) < 4.78 is 61.7. The minimum atomic E-state index is -5.47. The third kappa shape index (κ3) is 5.08. The van der Waals surface area contributed by atoms with E-state index in [1.165, 1.54) is 0 Å². The van der Waals surface area contributed by atoms with E-state index in [1.807, 2.05) is 64.2 Å². The Labute approximate surface area is 149 Å². The maximum absolute atomic E-state index is 13.0. The Hall–Kier alpha value is 0.150. The van der Waals surface area contributed by atoms with Gasteiger partial charge in [0.2, 0.25) is 0 Å². The second kappa shape index (κ2) is 7.15. The molecular weight excluding hydrogens is 532 g/mol. The summed E-state index contributed by atoms with van der Waals surface area (Å²) in [6.07, 6.45) is 0. The third-order valence-corrected chi connectivity index (χ3v) is 5.33. The summed E-state index contributed by atoms with van der Waals surface area (Å²) >= 11 is 4.08. The van der Waals surface area contributed by atoms with E-state index in [0.717, 1.165) is 18.3 Å². The van der Waals surface area contributed by atoms with Gasteiger partial charge in [0.15, 0.2) is 0 Å². The van der Waals surface area contributed by atoms with Crippen LogP contribution in [0.15, 0.2) is 18.7 Å². The molecule has 0 saturated carbocycles. The van der Waals surface area contributed by atoms with Gasteiger partial charge in [-0.05, 0) is 69.8 Å². The number of alkyl halides is 2. The van der Waals surface area contributed by atoms with E-state index in [4.69, 9.17) is 9.29 Å². The zero-order valence-electron chi connectivity index (χ0n) is 10.9. The molecule has 0 saturated heterocycles. The normalized spacial score (nSPS) is 12.5. The average Bonchev–Trinajstić information content (AvgIpc) is 2.30. The number of hydrogen-bond acceptors (Lipinski definition) is 3. The molecular formula is C12H12F2I2O4S. The Morgan fingerprint density at radius 1 is 1.38 bits per heavy atom. The molecule has 0 aliphatic rings. The molecule has 4 nitrogen and oxygen atoms in total. The van der Waals surface area contributed by atoms with Crippen molar-refractivity contribution in [2.24, 2.45) is 0 Å². The van der Waals surface area contributed by atoms with Crippen LogP contribution in [0.5, 0.6) is 0 Å². The Kier molecular flexibility index (Phi) is 6.54. The maximum atomic E-state index is 13.0. The minimum absolute atomic E-state index is 0.182. The first-order valence-corrected chi connectivity index (χ1v) is 9.12. The first-order valence-electron chi connectivity index (χ1n) is 5.52. The van der Waals surface area contributed by atoms with Gasteiger partial charge in [0.05, 0.1) is 6.61 Å². The van der Waals surface area contributed by atoms with Gasteiger partial charge in [0.25, 0.3) is 0 Å². The second-order valence-corrected chi connectivity index (χ2v) is 8.18. The van der Waals surface area contributed by atoms with Crippen molar-refractivity contribution in [3.05, 3.63) is 37.0 Å². The topological polar surface area (TPSA) is 63.6 Å². The zero-order chi connectivity index (χ0) is 16.4. The van der Waals surface area contributed by atoms with Crippen LogP contribution in [0.4, 0.5) is 8.78 Å². The van der Waals surface area contributed by atoms with Crippen LogP contribution < -0.4 is 0 Å². The van der Waals surface area contributed by atoms with Crippen LogP contribution in [0.1, 0.15) is 18.1 Å². The lowest BCUT2D eigenvalue weighted by Crippen LogP contribution is -2.33. The van der Waals surface area contributed by atoms with Gasteiger partial charge in [-0.25, -0.2) is 0 Å². The summed E-state index contributed by atoms with van der Waals surface area (Å²) in [4.78, 5) is 0. The number of rotatable bonds is 6. The zero-order valence-corrected chi connectivity index (χ0v) is 16.0. The molecule has 9 heteroatoms. The molecule has 118 valence electrons. The Bertz CT molecular complexity index is 636. The van der Waals surface area contributed by atoms with E-state index < -0.39 is 22.0 Å². The van der Waals surface area contributed by atoms with Gasteiger partial charge in [0, 0.05) is 12.7 Å². The number of benzene rings is 1. The lowest BCUT2D eigenvalue weighted by Gasteiger charge is -2.15. The third-order valence-electron chi connectivity index (χ3n) is 2.53. The number of hydrogen-bond donors (Lipinski definition) is 1. The number of ether oxygens (including phenoxy) is 1. The second-order valence-electron chi connectivity index (χ2n) is 4.30. The average molecular weight is 544 g/mol. The monoisotopic (exact) mass is 544 g/mol. The standard InChI is InChI=1S/C12H12F2I2O4S/c1-7(2)8-3-10(15)9(11(16)4-8)5-20-6-12(13,14)21(17,18)19/h3-4H,1,5-6H2,2H3,(H,17,18,19). The van der Waals surface area contributed by atoms with Crippen molar-refractivity contribution in [2.45, 2.75) is 18.8 Å². The van der Waals surface area contributed by atoms with Gasteiger partial charge in [-0.3, -0.25) is 4.55 Å². The molecule has 0 amide bonds. The molecule has 0 radical (unpaired) electrons. The number of halogens is 4. The summed E-state index contributed by atoms with van der Waals surface area (Å²) in [5.74, 6) is 0. The molecule has 0 heterocycles. The van der Waals surface area contributed by atoms with Gasteiger partial charge in [-0.15, -0.1) is 0 Å². The van der Waals surface area contributed by atoms with Crippen molar-refractivity contribution in [1.82, 2.24) is 0 Å². The molecule has 0 atom stereocenters. The van der Waals surface area contributed by atoms with E-state index in [2.05, 4.69) is 6.58 Å². The first kappa shape index (κ1) is 19.2. The fraction of sp³-hybridized carbons (Fsp3) is 0.333. The van der Waals surface area contributed by atoms with Crippen LogP contribution in [-0.2, 0) is 21.5 Å². The largest absolute Gasteiger partial charge is 0.392 e. The molecule has 0 unspecified atom stereocenters. The molecule has 1 aromatic carbocycles. The molecule has 21 heavy (non-hydrogen) atoms. The highest BCUT2D eigenvalue weighted by atomic mass is 127. The SMILES string of the molecule is C=C(C)c1cc(I)c(COCC(F)(F)S(=O)(=O)O)c(I)c1. The first-order chi connectivity index (χ1) is 9.45. The van der Waals surface area contributed by atoms with Crippen molar-refractivity contribution in [2.75, 3.05) is 6.61 Å². The molecule has 0 spiro atoms. The van der Waals surface area contributed by atoms with E-state index in [1.54, 1.807) is 0 Å². The van der Waals surface area contributed by atoms with E-state index in [-0.39, 0.29) is 6.61 Å². The molecule has 0 fully saturated rings. The number of allylic oxidation sites excluding steroid dienone is 1. The summed E-state index contributed by atoms with van der Waals surface area (Å²) in [5, 5.41) is -4.32. The van der Waals surface area contributed by atoms with Crippen LogP contribution in [0.3, 0.4) is 0 Å². The van der Waals surface area contributed by atoms with E-state index in [0.29, 0.717) is 5.56 Å². The molecule has 1 rings (SSSR count). The minimum Gasteiger partial charge on any atom is -0.369 e. The molecule has 1 aromatic rings. The van der Waals surface area contributed by atoms with Crippen LogP contribution in [0.2, 0.25) is 0 Å². The van der Waals surface area contributed by atoms with E-state index in [9.17, 15) is 17.2 Å². The fourth-order valence-electron chi connectivity index (χ4n) is 1.33. The van der Waals surface area contributed by atoms with Gasteiger partial charge in [-0.2, -0.15) is 17.2 Å². The summed E-state index contributed by atoms with van der Waals surface area (Å²) in [7, 11) is -5.47. The van der Waals surface area contributed by atoms with Gasteiger partial charge in [-0.1, -0.05) is 12.2 Å². The highest BCUT2D eigenvalue weighted by molar-refractivity contribution is 14.1. The van der Waals surface area contributed by atoms with Crippen molar-refractivity contribution >= 4 is 60.9 Å². The molecule has 0 aliphatic carbocycles. The molecule has 0 bridgehead atoms. The lowest BCUT2D eigenvalue weighted by molar-refractivity contribution is -0.0267. The molecule has 0 aliphatic heterocycles. The van der Waals surface area contributed by atoms with Gasteiger partial charge in [0.1, 0.15) is 6.61 Å². The van der Waals surface area contributed by atoms with Crippen LogP contribution in [0, 0.1) is 7.14 Å². The Morgan fingerprint density at radius 2 is 1.86 bits per heavy atom. The van der Waals surface area contributed by atoms with Crippen molar-refractivity contribution in [1.29, 1.82) is 0 Å². The molecule has 1 N–H and O–H groups in total. The summed E-state index contributed by atoms with van der Waals surface area (Å²) in [6.45, 7) is 4.09. The summed E-state index contributed by atoms with van der Waals surface area (Å²) in [6, 6.07) is 3.68. The van der Waals surface area contributed by atoms with Crippen LogP contribution in [-0.4, -0.2) is 24.8 Å². The highest BCUT2D eigenvalue weighted by Gasteiger charge is 2.44. The smallest absolute Gasteiger partial charge is 0.369 e. The Morgan fingerprint density at radius 3 is 2.24 bits per heavy atom. The van der Waals surface area contributed by atoms with Gasteiger partial charge < -0.3 is 4.74 Å². The summed E-state index contributed by atoms with van der Waals surface area (Å²) in [5.41, 5.74) is 2.47. The van der Waals surface area contributed by atoms with Crippen molar-refractivity contribution < 1.29 is 26.5 Å². The molecule has 0 aromatic heterocycles. The maximum Gasteiger partial charge on any atom is 0.392 e. The van der Waals surface area contributed by atoms with Crippen molar-refractivity contribution in [3.63, 3.8) is 0 Å². The quantitative estimate of drug-likeness (QED) is 0.436. The van der Waals surface area contributed by atoms with Crippen LogP contribution in [0.25, 0.3) is 5.57 Å². The fourth-order valence-corrected chi connectivity index (χ4v) is 3.65. The predicted molar refractivity (Wildman–Crippen MR) is 92.7 cm³/mol. The van der Waals surface area contributed by atoms with E-state index >= 15 is 0 Å². The van der Waals surface area contributed by atoms with Crippen LogP contribution >= 0.6 is 45.2 Å². The van der Waals surface area contributed by atoms with Gasteiger partial charge >= 0.3 is 15.4 Å². The predicted octanol–water partition coefficient (Wildman–Crippen LogP) is 3.93. The van der Waals surface area contributed by atoms with Crippen molar-refractivity contribution in [3.8, 4) is 0 Å².